The molecule has 30 heavy (non-hydrogen) atoms. The van der Waals surface area contributed by atoms with Crippen molar-refractivity contribution in [1.82, 2.24) is 15.2 Å². The normalized spacial score (nSPS) is 15.3. The molecular weight excluding hydrogens is 397 g/mol. The lowest BCUT2D eigenvalue weighted by molar-refractivity contribution is 0.0912. The van der Waals surface area contributed by atoms with E-state index in [0.29, 0.717) is 10.6 Å². The molecule has 4 nitrogen and oxygen atoms in total. The average Bonchev–Trinajstić information content (AvgIpc) is 3.12. The molecule has 1 aromatic heterocycles. The molecule has 1 N–H and O–H groups in total. The Labute approximate surface area is 180 Å². The monoisotopic (exact) mass is 423 g/mol. The van der Waals surface area contributed by atoms with Crippen molar-refractivity contribution in [3.63, 3.8) is 0 Å². The van der Waals surface area contributed by atoms with Crippen LogP contribution in [0.5, 0.6) is 0 Å². The number of amides is 1. The summed E-state index contributed by atoms with van der Waals surface area (Å²) in [7, 11) is 0. The van der Waals surface area contributed by atoms with Gasteiger partial charge in [-0.3, -0.25) is 9.69 Å². The first-order valence-electron chi connectivity index (χ1n) is 10.3. The number of hydrogen-bond donors (Lipinski definition) is 1. The van der Waals surface area contributed by atoms with Crippen LogP contribution in [0.2, 0.25) is 0 Å². The molecule has 2 aromatic carbocycles. The van der Waals surface area contributed by atoms with Gasteiger partial charge in [0.2, 0.25) is 0 Å². The molecule has 0 aliphatic carbocycles. The van der Waals surface area contributed by atoms with Crippen molar-refractivity contribution in [3.05, 3.63) is 76.0 Å². The molecule has 0 spiro atoms. The van der Waals surface area contributed by atoms with Gasteiger partial charge in [0, 0.05) is 31.2 Å². The summed E-state index contributed by atoms with van der Waals surface area (Å²) in [6, 6.07) is 15.0. The van der Waals surface area contributed by atoms with Crippen LogP contribution in [0.4, 0.5) is 4.39 Å². The maximum Gasteiger partial charge on any atom is 0.263 e. The van der Waals surface area contributed by atoms with E-state index in [-0.39, 0.29) is 17.8 Å². The summed E-state index contributed by atoms with van der Waals surface area (Å²) in [4.78, 5) is 20.4. The molecule has 2 heterocycles. The zero-order valence-electron chi connectivity index (χ0n) is 17.3. The highest BCUT2D eigenvalue weighted by atomic mass is 32.1. The minimum absolute atomic E-state index is 0.0597. The number of nitrogens with one attached hydrogen (secondary N) is 1. The SMILES string of the molecule is Cc1cccc(CN2CCC(NC(=O)c3sc(-c4ccc(F)cc4)nc3C)CC2)c1. The summed E-state index contributed by atoms with van der Waals surface area (Å²) in [6.45, 7) is 6.87. The highest BCUT2D eigenvalue weighted by Gasteiger charge is 2.23. The lowest BCUT2D eigenvalue weighted by Crippen LogP contribution is -2.44. The number of carbonyl (C=O) groups excluding carboxylic acids is 1. The lowest BCUT2D eigenvalue weighted by atomic mass is 10.0. The fraction of sp³-hybridized carbons (Fsp3) is 0.333. The minimum atomic E-state index is -0.279. The Morgan fingerprint density at radius 1 is 1.17 bits per heavy atom. The maximum absolute atomic E-state index is 13.2. The van der Waals surface area contributed by atoms with E-state index in [1.54, 1.807) is 12.1 Å². The molecule has 1 saturated heterocycles. The molecule has 0 atom stereocenters. The standard InChI is InChI=1S/C24H26FN3OS/c1-16-4-3-5-18(14-16)15-28-12-10-21(11-13-28)27-23(29)22-17(2)26-24(30-22)19-6-8-20(25)9-7-19/h3-9,14,21H,10-13,15H2,1-2H3,(H,27,29). The number of aryl methyl sites for hydroxylation is 2. The molecule has 1 aliphatic rings. The van der Waals surface area contributed by atoms with Crippen molar-refractivity contribution in [3.8, 4) is 10.6 Å². The zero-order chi connectivity index (χ0) is 21.1. The topological polar surface area (TPSA) is 45.2 Å². The Morgan fingerprint density at radius 2 is 1.90 bits per heavy atom. The van der Waals surface area contributed by atoms with Gasteiger partial charge in [-0.05, 0) is 56.5 Å². The summed E-state index contributed by atoms with van der Waals surface area (Å²) in [6.07, 6.45) is 1.89. The predicted molar refractivity (Wildman–Crippen MR) is 119 cm³/mol. The van der Waals surface area contributed by atoms with Crippen LogP contribution in [-0.2, 0) is 6.54 Å². The lowest BCUT2D eigenvalue weighted by Gasteiger charge is -2.32. The van der Waals surface area contributed by atoms with E-state index >= 15 is 0 Å². The maximum atomic E-state index is 13.2. The molecule has 1 fully saturated rings. The number of piperidine rings is 1. The first kappa shape index (κ1) is 20.7. The van der Waals surface area contributed by atoms with Crippen molar-refractivity contribution < 1.29 is 9.18 Å². The predicted octanol–water partition coefficient (Wildman–Crippen LogP) is 4.96. The fourth-order valence-electron chi connectivity index (χ4n) is 3.88. The quantitative estimate of drug-likeness (QED) is 0.631. The molecule has 4 rings (SSSR count). The number of carbonyl (C=O) groups is 1. The first-order valence-corrected chi connectivity index (χ1v) is 11.1. The number of thiazole rings is 1. The van der Waals surface area contributed by atoms with Crippen LogP contribution in [-0.4, -0.2) is 34.9 Å². The number of benzene rings is 2. The highest BCUT2D eigenvalue weighted by molar-refractivity contribution is 7.17. The van der Waals surface area contributed by atoms with Gasteiger partial charge in [-0.25, -0.2) is 9.37 Å². The second-order valence-corrected chi connectivity index (χ2v) is 8.95. The van der Waals surface area contributed by atoms with Gasteiger partial charge in [0.1, 0.15) is 15.7 Å². The molecule has 1 amide bonds. The highest BCUT2D eigenvalue weighted by Crippen LogP contribution is 2.28. The second-order valence-electron chi connectivity index (χ2n) is 7.95. The van der Waals surface area contributed by atoms with Gasteiger partial charge in [0.05, 0.1) is 5.69 Å². The van der Waals surface area contributed by atoms with Crippen molar-refractivity contribution in [2.24, 2.45) is 0 Å². The molecule has 3 aromatic rings. The smallest absolute Gasteiger partial charge is 0.263 e. The van der Waals surface area contributed by atoms with Crippen molar-refractivity contribution in [2.45, 2.75) is 39.3 Å². The van der Waals surface area contributed by atoms with E-state index in [0.717, 1.165) is 43.0 Å². The van der Waals surface area contributed by atoms with Gasteiger partial charge < -0.3 is 5.32 Å². The van der Waals surface area contributed by atoms with Crippen molar-refractivity contribution >= 4 is 17.2 Å². The second kappa shape index (κ2) is 9.06. The van der Waals surface area contributed by atoms with E-state index in [2.05, 4.69) is 46.4 Å². The van der Waals surface area contributed by atoms with Crippen molar-refractivity contribution in [1.29, 1.82) is 0 Å². The molecule has 1 aliphatic heterocycles. The third-order valence-corrected chi connectivity index (χ3v) is 6.71. The molecule has 0 saturated carbocycles. The average molecular weight is 424 g/mol. The van der Waals surface area contributed by atoms with Crippen LogP contribution >= 0.6 is 11.3 Å². The number of likely N-dealkylation sites (tertiary alicyclic amines) is 1. The van der Waals surface area contributed by atoms with Gasteiger partial charge in [-0.2, -0.15) is 0 Å². The molecule has 6 heteroatoms. The Hall–Kier alpha value is -2.57. The Balaban J connectivity index is 1.33. The van der Waals surface area contributed by atoms with Gasteiger partial charge in [-0.15, -0.1) is 11.3 Å². The van der Waals surface area contributed by atoms with Crippen LogP contribution in [0.3, 0.4) is 0 Å². The van der Waals surface area contributed by atoms with Gasteiger partial charge in [0.15, 0.2) is 0 Å². The Bertz CT molecular complexity index is 1020. The minimum Gasteiger partial charge on any atom is -0.348 e. The van der Waals surface area contributed by atoms with Crippen LogP contribution in [0.15, 0.2) is 48.5 Å². The largest absolute Gasteiger partial charge is 0.348 e. The van der Waals surface area contributed by atoms with Crippen LogP contribution < -0.4 is 5.32 Å². The zero-order valence-corrected chi connectivity index (χ0v) is 18.1. The van der Waals surface area contributed by atoms with E-state index < -0.39 is 0 Å². The molecule has 156 valence electrons. The summed E-state index contributed by atoms with van der Waals surface area (Å²) in [5.74, 6) is -0.339. The number of aromatic nitrogens is 1. The molecular formula is C24H26FN3OS. The summed E-state index contributed by atoms with van der Waals surface area (Å²) < 4.78 is 13.2. The van der Waals surface area contributed by atoms with Gasteiger partial charge in [0.25, 0.3) is 5.91 Å². The fourth-order valence-corrected chi connectivity index (χ4v) is 4.85. The van der Waals surface area contributed by atoms with Gasteiger partial charge in [-0.1, -0.05) is 29.8 Å². The first-order chi connectivity index (χ1) is 14.5. The van der Waals surface area contributed by atoms with Gasteiger partial charge >= 0.3 is 0 Å². The van der Waals surface area contributed by atoms with Crippen LogP contribution in [0, 0.1) is 19.7 Å². The summed E-state index contributed by atoms with van der Waals surface area (Å²) in [5.41, 5.74) is 4.17. The van der Waals surface area contributed by atoms with E-state index in [1.807, 2.05) is 6.92 Å². The van der Waals surface area contributed by atoms with Crippen LogP contribution in [0.1, 0.15) is 39.3 Å². The third kappa shape index (κ3) is 4.94. The number of rotatable bonds is 5. The Morgan fingerprint density at radius 3 is 2.60 bits per heavy atom. The van der Waals surface area contributed by atoms with E-state index in [1.165, 1.54) is 34.6 Å². The van der Waals surface area contributed by atoms with Crippen LogP contribution in [0.25, 0.3) is 10.6 Å². The molecule has 0 unspecified atom stereocenters. The summed E-state index contributed by atoms with van der Waals surface area (Å²) >= 11 is 1.36. The Kier molecular flexibility index (Phi) is 6.25. The van der Waals surface area contributed by atoms with E-state index in [9.17, 15) is 9.18 Å². The number of halogens is 1. The molecule has 0 bridgehead atoms. The third-order valence-electron chi connectivity index (χ3n) is 5.51. The van der Waals surface area contributed by atoms with Crippen molar-refractivity contribution in [2.75, 3.05) is 13.1 Å². The molecule has 0 radical (unpaired) electrons. The number of nitrogens with zero attached hydrogens (tertiary/aromatic N) is 2. The summed E-state index contributed by atoms with van der Waals surface area (Å²) in [5, 5.41) is 3.93. The van der Waals surface area contributed by atoms with E-state index in [4.69, 9.17) is 0 Å². The number of hydrogen-bond acceptors (Lipinski definition) is 4.